The van der Waals surface area contributed by atoms with Gasteiger partial charge in [0.15, 0.2) is 5.16 Å². The minimum absolute atomic E-state index is 0.456. The summed E-state index contributed by atoms with van der Waals surface area (Å²) < 4.78 is 5.10. The van der Waals surface area contributed by atoms with Crippen molar-refractivity contribution in [2.24, 2.45) is 0 Å². The lowest BCUT2D eigenvalue weighted by Gasteiger charge is -2.23. The van der Waals surface area contributed by atoms with E-state index >= 15 is 0 Å². The molecule has 104 valence electrons. The van der Waals surface area contributed by atoms with E-state index in [1.165, 1.54) is 11.8 Å². The third-order valence-electron chi connectivity index (χ3n) is 2.51. The van der Waals surface area contributed by atoms with E-state index in [4.69, 9.17) is 10.00 Å². The zero-order chi connectivity index (χ0) is 14.1. The van der Waals surface area contributed by atoms with E-state index in [0.717, 1.165) is 11.6 Å². The molecule has 1 aromatic rings. The molecule has 0 radical (unpaired) electrons. The van der Waals surface area contributed by atoms with Crippen LogP contribution in [0.25, 0.3) is 0 Å². The molecule has 7 heteroatoms. The standard InChI is InChI=1S/C12H19N5OS/c1-14-10-9-11(16-12(15-10)19-3)17(6-4-5-13)7-8-18-2/h9H,4,6-8H2,1-3H3,(H,14,15,16). The molecule has 1 aromatic heterocycles. The van der Waals surface area contributed by atoms with Crippen LogP contribution >= 0.6 is 11.8 Å². The number of hydrogen-bond donors (Lipinski definition) is 1. The first kappa shape index (κ1) is 15.5. The second-order valence-corrected chi connectivity index (χ2v) is 4.51. The Hall–Kier alpha value is -1.52. The van der Waals surface area contributed by atoms with Crippen molar-refractivity contribution in [3.05, 3.63) is 6.07 Å². The number of ether oxygens (including phenoxy) is 1. The Balaban J connectivity index is 2.95. The van der Waals surface area contributed by atoms with Crippen LogP contribution in [0.5, 0.6) is 0 Å². The molecule has 19 heavy (non-hydrogen) atoms. The first-order valence-electron chi connectivity index (χ1n) is 5.96. The third-order valence-corrected chi connectivity index (χ3v) is 3.06. The molecule has 0 aliphatic rings. The molecule has 1 heterocycles. The fourth-order valence-corrected chi connectivity index (χ4v) is 1.90. The van der Waals surface area contributed by atoms with E-state index in [1.54, 1.807) is 7.11 Å². The summed E-state index contributed by atoms with van der Waals surface area (Å²) in [6, 6.07) is 4.04. The van der Waals surface area contributed by atoms with E-state index in [9.17, 15) is 0 Å². The maximum atomic E-state index is 8.73. The van der Waals surface area contributed by atoms with Crippen LogP contribution in [0.2, 0.25) is 0 Å². The van der Waals surface area contributed by atoms with Gasteiger partial charge in [0.25, 0.3) is 0 Å². The van der Waals surface area contributed by atoms with Crippen molar-refractivity contribution in [3.8, 4) is 6.07 Å². The molecule has 0 saturated carbocycles. The number of hydrogen-bond acceptors (Lipinski definition) is 7. The molecule has 6 nitrogen and oxygen atoms in total. The van der Waals surface area contributed by atoms with Crippen LogP contribution in [0.1, 0.15) is 6.42 Å². The van der Waals surface area contributed by atoms with Crippen LogP contribution in [0, 0.1) is 11.3 Å². The molecule has 0 saturated heterocycles. The number of nitriles is 1. The second-order valence-electron chi connectivity index (χ2n) is 3.74. The first-order chi connectivity index (χ1) is 9.24. The Labute approximate surface area is 118 Å². The van der Waals surface area contributed by atoms with Crippen molar-refractivity contribution in [2.45, 2.75) is 11.6 Å². The summed E-state index contributed by atoms with van der Waals surface area (Å²) in [5.41, 5.74) is 0. The predicted octanol–water partition coefficient (Wildman–Crippen LogP) is 1.61. The normalized spacial score (nSPS) is 10.0. The summed E-state index contributed by atoms with van der Waals surface area (Å²) in [4.78, 5) is 10.8. The van der Waals surface area contributed by atoms with Gasteiger partial charge in [-0.15, -0.1) is 0 Å². The Morgan fingerprint density at radius 1 is 1.47 bits per heavy atom. The summed E-state index contributed by atoms with van der Waals surface area (Å²) in [6.07, 6.45) is 2.39. The van der Waals surface area contributed by atoms with Gasteiger partial charge >= 0.3 is 0 Å². The molecule has 0 spiro atoms. The van der Waals surface area contributed by atoms with Gasteiger partial charge < -0.3 is 15.0 Å². The molecule has 0 amide bonds. The molecule has 1 rings (SSSR count). The fraction of sp³-hybridized carbons (Fsp3) is 0.583. The minimum atomic E-state index is 0.456. The van der Waals surface area contributed by atoms with Crippen LogP contribution < -0.4 is 10.2 Å². The van der Waals surface area contributed by atoms with Crippen LogP contribution in [0.4, 0.5) is 11.6 Å². The van der Waals surface area contributed by atoms with Gasteiger partial charge in [0.05, 0.1) is 19.1 Å². The molecule has 1 N–H and O–H groups in total. The zero-order valence-corrected chi connectivity index (χ0v) is 12.3. The quantitative estimate of drug-likeness (QED) is 0.573. The van der Waals surface area contributed by atoms with Crippen molar-refractivity contribution < 1.29 is 4.74 Å². The number of anilines is 2. The average Bonchev–Trinajstić information content (AvgIpc) is 2.46. The lowest BCUT2D eigenvalue weighted by molar-refractivity contribution is 0.205. The molecule has 0 fully saturated rings. The van der Waals surface area contributed by atoms with E-state index < -0.39 is 0 Å². The summed E-state index contributed by atoms with van der Waals surface area (Å²) >= 11 is 1.49. The van der Waals surface area contributed by atoms with Gasteiger partial charge in [-0.1, -0.05) is 11.8 Å². The molecule has 0 unspecified atom stereocenters. The largest absolute Gasteiger partial charge is 0.383 e. The highest BCUT2D eigenvalue weighted by Gasteiger charge is 2.11. The molecular weight excluding hydrogens is 262 g/mol. The molecular formula is C12H19N5OS. The maximum Gasteiger partial charge on any atom is 0.191 e. The summed E-state index contributed by atoms with van der Waals surface area (Å²) in [6.45, 7) is 1.93. The number of thioether (sulfide) groups is 1. The van der Waals surface area contributed by atoms with Gasteiger partial charge in [-0.3, -0.25) is 0 Å². The smallest absolute Gasteiger partial charge is 0.191 e. The molecule has 0 atom stereocenters. The summed E-state index contributed by atoms with van der Waals surface area (Å²) in [7, 11) is 3.49. The van der Waals surface area contributed by atoms with E-state index in [2.05, 4.69) is 21.4 Å². The number of methoxy groups -OCH3 is 1. The molecule has 0 aliphatic carbocycles. The van der Waals surface area contributed by atoms with Crippen LogP contribution in [0.3, 0.4) is 0 Å². The minimum Gasteiger partial charge on any atom is -0.383 e. The second kappa shape index (κ2) is 8.56. The van der Waals surface area contributed by atoms with Crippen LogP contribution in [-0.4, -0.2) is 50.1 Å². The Kier molecular flexibility index (Phi) is 7.00. The van der Waals surface area contributed by atoms with Crippen molar-refractivity contribution >= 4 is 23.4 Å². The summed E-state index contributed by atoms with van der Waals surface area (Å²) in [5, 5.41) is 12.5. The highest BCUT2D eigenvalue weighted by atomic mass is 32.2. The number of rotatable bonds is 8. The van der Waals surface area contributed by atoms with Gasteiger partial charge in [-0.25, -0.2) is 9.97 Å². The first-order valence-corrected chi connectivity index (χ1v) is 7.19. The maximum absolute atomic E-state index is 8.73. The van der Waals surface area contributed by atoms with Gasteiger partial charge in [-0.05, 0) is 6.26 Å². The fourth-order valence-electron chi connectivity index (χ4n) is 1.52. The van der Waals surface area contributed by atoms with E-state index in [1.807, 2.05) is 24.3 Å². The molecule has 0 aromatic carbocycles. The summed E-state index contributed by atoms with van der Waals surface area (Å²) in [5.74, 6) is 1.59. The highest BCUT2D eigenvalue weighted by molar-refractivity contribution is 7.98. The van der Waals surface area contributed by atoms with Crippen molar-refractivity contribution in [1.29, 1.82) is 5.26 Å². The number of nitrogens with one attached hydrogen (secondary N) is 1. The number of aromatic nitrogens is 2. The van der Waals surface area contributed by atoms with E-state index in [0.29, 0.717) is 31.3 Å². The topological polar surface area (TPSA) is 74.1 Å². The lowest BCUT2D eigenvalue weighted by atomic mass is 10.3. The molecule has 0 bridgehead atoms. The highest BCUT2D eigenvalue weighted by Crippen LogP contribution is 2.20. The van der Waals surface area contributed by atoms with Crippen molar-refractivity contribution in [1.82, 2.24) is 9.97 Å². The van der Waals surface area contributed by atoms with Gasteiger partial charge in [-0.2, -0.15) is 5.26 Å². The van der Waals surface area contributed by atoms with Crippen molar-refractivity contribution in [3.63, 3.8) is 0 Å². The Morgan fingerprint density at radius 3 is 2.84 bits per heavy atom. The van der Waals surface area contributed by atoms with E-state index in [-0.39, 0.29) is 0 Å². The Bertz CT molecular complexity index is 412. The number of nitrogens with zero attached hydrogens (tertiary/aromatic N) is 4. The average molecular weight is 281 g/mol. The Morgan fingerprint density at radius 2 is 2.26 bits per heavy atom. The lowest BCUT2D eigenvalue weighted by Crippen LogP contribution is -2.29. The van der Waals surface area contributed by atoms with Gasteiger partial charge in [0.1, 0.15) is 11.6 Å². The van der Waals surface area contributed by atoms with Crippen LogP contribution in [-0.2, 0) is 4.74 Å². The monoisotopic (exact) mass is 281 g/mol. The van der Waals surface area contributed by atoms with Crippen LogP contribution in [0.15, 0.2) is 11.2 Å². The van der Waals surface area contributed by atoms with Crippen molar-refractivity contribution in [2.75, 3.05) is 50.3 Å². The zero-order valence-electron chi connectivity index (χ0n) is 11.5. The SMILES string of the molecule is CNc1cc(N(CCC#N)CCOC)nc(SC)n1. The predicted molar refractivity (Wildman–Crippen MR) is 77.7 cm³/mol. The van der Waals surface area contributed by atoms with Gasteiger partial charge in [0.2, 0.25) is 0 Å². The molecule has 0 aliphatic heterocycles. The third kappa shape index (κ3) is 4.93. The van der Waals surface area contributed by atoms with Gasteiger partial charge in [0, 0.05) is 33.3 Å².